The summed E-state index contributed by atoms with van der Waals surface area (Å²) in [5.74, 6) is 0.133. The van der Waals surface area contributed by atoms with Crippen LogP contribution in [0.4, 0.5) is 0 Å². The van der Waals surface area contributed by atoms with Gasteiger partial charge in [-0.25, -0.2) is 5.43 Å². The van der Waals surface area contributed by atoms with Crippen molar-refractivity contribution in [1.82, 2.24) is 10.4 Å². The van der Waals surface area contributed by atoms with Crippen LogP contribution in [0, 0.1) is 0 Å². The Bertz CT molecular complexity index is 617. The van der Waals surface area contributed by atoms with Crippen LogP contribution in [0.5, 0.6) is 0 Å². The molecule has 1 aliphatic carbocycles. The molecule has 1 heterocycles. The predicted molar refractivity (Wildman–Crippen MR) is 83.3 cm³/mol. The van der Waals surface area contributed by atoms with E-state index in [-0.39, 0.29) is 5.91 Å². The zero-order valence-corrected chi connectivity index (χ0v) is 11.9. The summed E-state index contributed by atoms with van der Waals surface area (Å²) in [6.45, 7) is 0. The van der Waals surface area contributed by atoms with Crippen LogP contribution < -0.4 is 5.43 Å². The van der Waals surface area contributed by atoms with E-state index < -0.39 is 0 Å². The summed E-state index contributed by atoms with van der Waals surface area (Å²) in [6, 6.07) is 13.9. The summed E-state index contributed by atoms with van der Waals surface area (Å²) in [6.07, 6.45) is 6.13. The first-order valence-electron chi connectivity index (χ1n) is 7.40. The standard InChI is InChI=1S/C17H19N3O/c21-17(16-11-6-12-18-16)20-19-15-10-5-4-9-14(15)13-7-2-1-3-8-13/h1-3,6-8,11-12,14,18H,4-5,9-10H2,(H,20,21)/t14-/m0/s1. The number of aromatic nitrogens is 1. The van der Waals surface area contributed by atoms with Crippen molar-refractivity contribution < 1.29 is 4.79 Å². The molecule has 1 saturated carbocycles. The summed E-state index contributed by atoms with van der Waals surface area (Å²) in [5.41, 5.74) is 5.56. The second-order valence-corrected chi connectivity index (χ2v) is 5.34. The molecule has 0 aliphatic heterocycles. The number of rotatable bonds is 3. The smallest absolute Gasteiger partial charge is 0.287 e. The van der Waals surface area contributed by atoms with Gasteiger partial charge in [0, 0.05) is 17.8 Å². The Morgan fingerprint density at radius 2 is 2.00 bits per heavy atom. The monoisotopic (exact) mass is 281 g/mol. The van der Waals surface area contributed by atoms with E-state index >= 15 is 0 Å². The molecular weight excluding hydrogens is 262 g/mol. The third-order valence-corrected chi connectivity index (χ3v) is 3.92. The molecule has 1 aromatic carbocycles. The topological polar surface area (TPSA) is 57.2 Å². The van der Waals surface area contributed by atoms with Crippen molar-refractivity contribution >= 4 is 11.6 Å². The molecule has 1 fully saturated rings. The number of nitrogens with zero attached hydrogens (tertiary/aromatic N) is 1. The molecule has 4 heteroatoms. The van der Waals surface area contributed by atoms with Crippen LogP contribution in [0.1, 0.15) is 47.7 Å². The van der Waals surface area contributed by atoms with E-state index in [9.17, 15) is 4.79 Å². The number of aromatic amines is 1. The normalized spacial score (nSPS) is 20.4. The highest BCUT2D eigenvalue weighted by Gasteiger charge is 2.22. The van der Waals surface area contributed by atoms with E-state index in [2.05, 4.69) is 39.8 Å². The SMILES string of the molecule is O=C(NN=C1CCCC[C@H]1c1ccccc1)c1ccc[nH]1. The average molecular weight is 281 g/mol. The lowest BCUT2D eigenvalue weighted by Crippen LogP contribution is -2.24. The number of H-pyrrole nitrogens is 1. The fourth-order valence-corrected chi connectivity index (χ4v) is 2.83. The molecule has 1 aromatic heterocycles. The minimum absolute atomic E-state index is 0.190. The summed E-state index contributed by atoms with van der Waals surface area (Å²) in [4.78, 5) is 14.8. The molecule has 0 radical (unpaired) electrons. The molecule has 0 bridgehead atoms. The molecule has 0 saturated heterocycles. The minimum Gasteiger partial charge on any atom is -0.357 e. The minimum atomic E-state index is -0.190. The molecule has 1 amide bonds. The fourth-order valence-electron chi connectivity index (χ4n) is 2.83. The molecule has 1 atom stereocenters. The maximum Gasteiger partial charge on any atom is 0.287 e. The van der Waals surface area contributed by atoms with Crippen LogP contribution >= 0.6 is 0 Å². The lowest BCUT2D eigenvalue weighted by atomic mass is 9.82. The number of hydrazone groups is 1. The van der Waals surface area contributed by atoms with Gasteiger partial charge in [0.25, 0.3) is 5.91 Å². The van der Waals surface area contributed by atoms with Crippen LogP contribution in [0.2, 0.25) is 0 Å². The second-order valence-electron chi connectivity index (χ2n) is 5.34. The zero-order valence-electron chi connectivity index (χ0n) is 11.9. The quantitative estimate of drug-likeness (QED) is 0.832. The number of carbonyl (C=O) groups is 1. The van der Waals surface area contributed by atoms with Crippen molar-refractivity contribution in [3.8, 4) is 0 Å². The molecule has 4 nitrogen and oxygen atoms in total. The lowest BCUT2D eigenvalue weighted by Gasteiger charge is -2.24. The van der Waals surface area contributed by atoms with Gasteiger partial charge in [-0.1, -0.05) is 36.8 Å². The number of amides is 1. The van der Waals surface area contributed by atoms with Gasteiger partial charge in [0.1, 0.15) is 5.69 Å². The van der Waals surface area contributed by atoms with Gasteiger partial charge in [0.15, 0.2) is 0 Å². The van der Waals surface area contributed by atoms with E-state index in [4.69, 9.17) is 0 Å². The summed E-state index contributed by atoms with van der Waals surface area (Å²) in [7, 11) is 0. The first-order chi connectivity index (χ1) is 10.3. The lowest BCUT2D eigenvalue weighted by molar-refractivity contribution is 0.0950. The Morgan fingerprint density at radius 1 is 1.14 bits per heavy atom. The van der Waals surface area contributed by atoms with Crippen molar-refractivity contribution in [2.75, 3.05) is 0 Å². The highest BCUT2D eigenvalue weighted by molar-refractivity contribution is 5.96. The molecule has 2 N–H and O–H groups in total. The molecule has 108 valence electrons. The van der Waals surface area contributed by atoms with E-state index in [0.29, 0.717) is 11.6 Å². The Hall–Kier alpha value is -2.36. The molecule has 0 unspecified atom stereocenters. The van der Waals surface area contributed by atoms with Crippen molar-refractivity contribution in [3.63, 3.8) is 0 Å². The van der Waals surface area contributed by atoms with Gasteiger partial charge in [0.05, 0.1) is 0 Å². The first-order valence-corrected chi connectivity index (χ1v) is 7.40. The van der Waals surface area contributed by atoms with Crippen LogP contribution in [0.15, 0.2) is 53.8 Å². The number of hydrogen-bond acceptors (Lipinski definition) is 2. The van der Waals surface area contributed by atoms with Gasteiger partial charge in [0.2, 0.25) is 0 Å². The van der Waals surface area contributed by atoms with Crippen LogP contribution in [-0.2, 0) is 0 Å². The second kappa shape index (κ2) is 6.39. The first kappa shape index (κ1) is 13.6. The number of benzene rings is 1. The average Bonchev–Trinajstić information content (AvgIpc) is 3.08. The van der Waals surface area contributed by atoms with Gasteiger partial charge in [-0.2, -0.15) is 5.10 Å². The Balaban J connectivity index is 1.75. The molecule has 0 spiro atoms. The van der Waals surface area contributed by atoms with Crippen LogP contribution in [-0.4, -0.2) is 16.6 Å². The Labute approximate surface area is 124 Å². The van der Waals surface area contributed by atoms with Crippen LogP contribution in [0.25, 0.3) is 0 Å². The highest BCUT2D eigenvalue weighted by Crippen LogP contribution is 2.30. The van der Waals surface area contributed by atoms with E-state index in [1.807, 2.05) is 6.07 Å². The largest absolute Gasteiger partial charge is 0.357 e. The maximum absolute atomic E-state index is 11.9. The van der Waals surface area contributed by atoms with E-state index in [1.54, 1.807) is 18.3 Å². The third-order valence-electron chi connectivity index (χ3n) is 3.92. The summed E-state index contributed by atoms with van der Waals surface area (Å²) < 4.78 is 0. The van der Waals surface area contributed by atoms with Gasteiger partial charge in [-0.3, -0.25) is 4.79 Å². The molecule has 2 aromatic rings. The summed E-state index contributed by atoms with van der Waals surface area (Å²) >= 11 is 0. The maximum atomic E-state index is 11.9. The molecular formula is C17H19N3O. The van der Waals surface area contributed by atoms with Gasteiger partial charge in [-0.05, 0) is 37.0 Å². The fraction of sp³-hybridized carbons (Fsp3) is 0.294. The van der Waals surface area contributed by atoms with E-state index in [0.717, 1.165) is 25.0 Å². The molecule has 1 aliphatic rings. The van der Waals surface area contributed by atoms with Crippen molar-refractivity contribution in [3.05, 3.63) is 59.9 Å². The summed E-state index contributed by atoms with van der Waals surface area (Å²) in [5, 5.41) is 4.39. The predicted octanol–water partition coefficient (Wildman–Crippen LogP) is 3.46. The number of hydrogen-bond donors (Lipinski definition) is 2. The van der Waals surface area contributed by atoms with Crippen molar-refractivity contribution in [2.24, 2.45) is 5.10 Å². The Morgan fingerprint density at radius 3 is 2.76 bits per heavy atom. The van der Waals surface area contributed by atoms with Gasteiger partial charge < -0.3 is 4.98 Å². The van der Waals surface area contributed by atoms with Gasteiger partial charge in [-0.15, -0.1) is 0 Å². The van der Waals surface area contributed by atoms with Crippen molar-refractivity contribution in [1.29, 1.82) is 0 Å². The number of nitrogens with one attached hydrogen (secondary N) is 2. The third kappa shape index (κ3) is 3.21. The number of carbonyl (C=O) groups excluding carboxylic acids is 1. The molecule has 3 rings (SSSR count). The molecule has 21 heavy (non-hydrogen) atoms. The Kier molecular flexibility index (Phi) is 4.15. The van der Waals surface area contributed by atoms with Crippen LogP contribution in [0.3, 0.4) is 0 Å². The zero-order chi connectivity index (χ0) is 14.5. The van der Waals surface area contributed by atoms with Crippen molar-refractivity contribution in [2.45, 2.75) is 31.6 Å². The van der Waals surface area contributed by atoms with E-state index in [1.165, 1.54) is 12.0 Å². The highest BCUT2D eigenvalue weighted by atomic mass is 16.2. The van der Waals surface area contributed by atoms with Gasteiger partial charge >= 0.3 is 0 Å².